The highest BCUT2D eigenvalue weighted by molar-refractivity contribution is 6.22. The molecular weight excluding hydrogens is 605 g/mol. The van der Waals surface area contributed by atoms with Crippen molar-refractivity contribution in [2.75, 3.05) is 0 Å². The van der Waals surface area contributed by atoms with E-state index in [0.717, 1.165) is 44.5 Å². The molecule has 0 spiro atoms. The molecule has 0 unspecified atom stereocenters. The van der Waals surface area contributed by atoms with E-state index in [4.69, 9.17) is 10.7 Å². The van der Waals surface area contributed by atoms with Crippen LogP contribution in [0.25, 0.3) is 22.8 Å². The van der Waals surface area contributed by atoms with Crippen LogP contribution in [0.3, 0.4) is 0 Å². The molecule has 2 N–H and O–H groups in total. The van der Waals surface area contributed by atoms with Crippen LogP contribution in [0.4, 0.5) is 18.9 Å². The molecule has 0 aromatic heterocycles. The van der Waals surface area contributed by atoms with Crippen molar-refractivity contribution in [1.82, 2.24) is 0 Å². The Kier molecular flexibility index (Phi) is 9.63. The first-order chi connectivity index (χ1) is 23.4. The number of alkyl halides is 3. The fourth-order valence-corrected chi connectivity index (χ4v) is 5.52. The second-order valence-electron chi connectivity index (χ2n) is 10.9. The molecule has 0 atom stereocenters. The normalized spacial score (nSPS) is 12.7. The first-order valence-electron chi connectivity index (χ1n) is 15.3. The molecule has 0 aliphatic carbocycles. The van der Waals surface area contributed by atoms with Crippen LogP contribution in [0.5, 0.6) is 5.75 Å². The van der Waals surface area contributed by atoms with Gasteiger partial charge in [-0.1, -0.05) is 140 Å². The monoisotopic (exact) mass is 636 g/mol. The van der Waals surface area contributed by atoms with E-state index in [1.807, 2.05) is 97.1 Å². The quantitative estimate of drug-likeness (QED) is 0.0743. The summed E-state index contributed by atoms with van der Waals surface area (Å²) in [5.74, 6) is -0.183. The molecule has 6 aromatic carbocycles. The summed E-state index contributed by atoms with van der Waals surface area (Å²) in [5.41, 5.74) is 15.4. The number of nitrogens with zero attached hydrogens (tertiary/aromatic N) is 1. The third-order valence-corrected chi connectivity index (χ3v) is 7.64. The van der Waals surface area contributed by atoms with Gasteiger partial charge in [0, 0.05) is 11.1 Å². The van der Waals surface area contributed by atoms with Gasteiger partial charge < -0.3 is 10.5 Å². The van der Waals surface area contributed by atoms with E-state index in [9.17, 15) is 13.2 Å². The van der Waals surface area contributed by atoms with Crippen LogP contribution in [0, 0.1) is 0 Å². The number of amidine groups is 1. The highest BCUT2D eigenvalue weighted by Crippen LogP contribution is 2.44. The number of halogens is 3. The first kappa shape index (κ1) is 31.8. The van der Waals surface area contributed by atoms with Crippen LogP contribution in [0.2, 0.25) is 0 Å². The summed E-state index contributed by atoms with van der Waals surface area (Å²) in [6.45, 7) is 0. The number of ether oxygens (including phenoxy) is 1. The van der Waals surface area contributed by atoms with E-state index in [1.165, 1.54) is 24.3 Å². The summed E-state index contributed by atoms with van der Waals surface area (Å²) in [6.07, 6.45) is -2.59. The standard InChI is InChI=1S/C42H31F3N2O/c43-42(44,45)48-35-27-25-34(26-28-35)41(46)47-38-24-14-13-23-36(38)39(32-19-9-3-10-20-32)40(33-21-11-4-12-22-33)37(31-17-7-2-8-18-31)29-30-15-5-1-6-16-30/h1-29H,(H2,46,47)/b37-29?,40-39+. The molecule has 6 heteroatoms. The number of allylic oxidation sites excluding steroid dienone is 2. The Hall–Kier alpha value is -6.14. The lowest BCUT2D eigenvalue weighted by Gasteiger charge is -2.22. The highest BCUT2D eigenvalue weighted by atomic mass is 19.4. The van der Waals surface area contributed by atoms with Gasteiger partial charge in [-0.25, -0.2) is 4.99 Å². The fourth-order valence-electron chi connectivity index (χ4n) is 5.52. The number of aliphatic imine (C=N–C) groups is 1. The van der Waals surface area contributed by atoms with E-state index in [2.05, 4.69) is 59.3 Å². The van der Waals surface area contributed by atoms with Crippen molar-refractivity contribution >= 4 is 34.3 Å². The summed E-state index contributed by atoms with van der Waals surface area (Å²) in [5, 5.41) is 0. The van der Waals surface area contributed by atoms with E-state index < -0.39 is 6.36 Å². The van der Waals surface area contributed by atoms with Crippen molar-refractivity contribution in [3.8, 4) is 5.75 Å². The van der Waals surface area contributed by atoms with Crippen LogP contribution in [0.15, 0.2) is 175 Å². The summed E-state index contributed by atoms with van der Waals surface area (Å²) in [4.78, 5) is 4.85. The Labute approximate surface area is 277 Å². The Morgan fingerprint density at radius 2 is 1.04 bits per heavy atom. The van der Waals surface area contributed by atoms with Gasteiger partial charge in [0.1, 0.15) is 11.6 Å². The summed E-state index contributed by atoms with van der Waals surface area (Å²) < 4.78 is 42.3. The third kappa shape index (κ3) is 7.80. The van der Waals surface area contributed by atoms with Crippen molar-refractivity contribution < 1.29 is 17.9 Å². The lowest BCUT2D eigenvalue weighted by molar-refractivity contribution is -0.274. The second-order valence-corrected chi connectivity index (χ2v) is 10.9. The summed E-state index contributed by atoms with van der Waals surface area (Å²) >= 11 is 0. The summed E-state index contributed by atoms with van der Waals surface area (Å²) in [6, 6.07) is 54.0. The van der Waals surface area contributed by atoms with Gasteiger partial charge in [-0.2, -0.15) is 0 Å². The third-order valence-electron chi connectivity index (χ3n) is 7.64. The maximum atomic E-state index is 12.7. The van der Waals surface area contributed by atoms with Gasteiger partial charge in [-0.3, -0.25) is 0 Å². The van der Waals surface area contributed by atoms with Crippen molar-refractivity contribution in [3.05, 3.63) is 203 Å². The SMILES string of the molecule is NC(=Nc1ccccc1/C(=C(/C(=Cc1ccccc1)c1ccccc1)c1ccccc1)c1ccccc1)c1ccc(OC(F)(F)F)cc1. The predicted molar refractivity (Wildman–Crippen MR) is 190 cm³/mol. The Morgan fingerprint density at radius 1 is 0.542 bits per heavy atom. The van der Waals surface area contributed by atoms with Crippen LogP contribution < -0.4 is 10.5 Å². The van der Waals surface area contributed by atoms with E-state index in [1.54, 1.807) is 0 Å². The maximum absolute atomic E-state index is 12.7. The predicted octanol–water partition coefficient (Wildman–Crippen LogP) is 10.8. The van der Waals surface area contributed by atoms with Crippen LogP contribution >= 0.6 is 0 Å². The average molecular weight is 637 g/mol. The lowest BCUT2D eigenvalue weighted by Crippen LogP contribution is -2.17. The molecule has 0 saturated carbocycles. The Bertz CT molecular complexity index is 2050. The van der Waals surface area contributed by atoms with Crippen molar-refractivity contribution in [3.63, 3.8) is 0 Å². The molecule has 6 rings (SSSR count). The first-order valence-corrected chi connectivity index (χ1v) is 15.3. The number of para-hydroxylation sites is 1. The molecule has 0 aliphatic heterocycles. The van der Waals surface area contributed by atoms with Crippen LogP contribution in [-0.4, -0.2) is 12.2 Å². The molecule has 0 bridgehead atoms. The van der Waals surface area contributed by atoms with Crippen LogP contribution in [-0.2, 0) is 0 Å². The topological polar surface area (TPSA) is 47.6 Å². The minimum Gasteiger partial charge on any atom is -0.406 e. The average Bonchev–Trinajstić information content (AvgIpc) is 3.11. The van der Waals surface area contributed by atoms with Gasteiger partial charge in [0.05, 0.1) is 5.69 Å². The molecule has 3 nitrogen and oxygen atoms in total. The Balaban J connectivity index is 1.62. The molecule has 236 valence electrons. The zero-order chi connectivity index (χ0) is 33.3. The smallest absolute Gasteiger partial charge is 0.406 e. The molecule has 0 fully saturated rings. The molecule has 0 saturated heterocycles. The molecule has 48 heavy (non-hydrogen) atoms. The zero-order valence-electron chi connectivity index (χ0n) is 25.8. The molecule has 6 aromatic rings. The number of rotatable bonds is 9. The van der Waals surface area contributed by atoms with Crippen molar-refractivity contribution in [2.45, 2.75) is 6.36 Å². The van der Waals surface area contributed by atoms with Gasteiger partial charge in [0.2, 0.25) is 0 Å². The molecule has 0 amide bonds. The van der Waals surface area contributed by atoms with Gasteiger partial charge in [0.15, 0.2) is 0 Å². The maximum Gasteiger partial charge on any atom is 0.573 e. The van der Waals surface area contributed by atoms with Crippen LogP contribution in [0.1, 0.15) is 33.4 Å². The minimum absolute atomic E-state index is 0.151. The van der Waals surface area contributed by atoms with E-state index in [0.29, 0.717) is 11.3 Å². The number of benzene rings is 6. The summed E-state index contributed by atoms with van der Waals surface area (Å²) in [7, 11) is 0. The number of hydrogen-bond donors (Lipinski definition) is 1. The van der Waals surface area contributed by atoms with Gasteiger partial charge in [-0.05, 0) is 75.4 Å². The van der Waals surface area contributed by atoms with E-state index in [-0.39, 0.29) is 11.6 Å². The lowest BCUT2D eigenvalue weighted by atomic mass is 9.82. The molecule has 0 radical (unpaired) electrons. The van der Waals surface area contributed by atoms with Gasteiger partial charge in [0.25, 0.3) is 0 Å². The number of nitrogens with two attached hydrogens (primary N) is 1. The molecular formula is C42H31F3N2O. The zero-order valence-corrected chi connectivity index (χ0v) is 25.8. The largest absolute Gasteiger partial charge is 0.573 e. The van der Waals surface area contributed by atoms with E-state index >= 15 is 0 Å². The van der Waals surface area contributed by atoms with Crippen molar-refractivity contribution in [2.24, 2.45) is 10.7 Å². The highest BCUT2D eigenvalue weighted by Gasteiger charge is 2.31. The van der Waals surface area contributed by atoms with Gasteiger partial charge in [-0.15, -0.1) is 13.2 Å². The minimum atomic E-state index is -4.79. The molecule has 0 heterocycles. The van der Waals surface area contributed by atoms with Crippen molar-refractivity contribution in [1.29, 1.82) is 0 Å². The van der Waals surface area contributed by atoms with Gasteiger partial charge >= 0.3 is 6.36 Å². The Morgan fingerprint density at radius 3 is 1.62 bits per heavy atom. The fraction of sp³-hybridized carbons (Fsp3) is 0.0238. The molecule has 0 aliphatic rings. The number of hydrogen-bond acceptors (Lipinski definition) is 2. The second kappa shape index (κ2) is 14.5.